The number of carbonyl (C=O) groups excluding carboxylic acids is 1. The number of fused-ring (bicyclic) bond motifs is 2. The van der Waals surface area contributed by atoms with Crippen molar-refractivity contribution in [1.82, 2.24) is 14.3 Å². The number of aliphatic hydroxyl groups excluding tert-OH is 1. The first-order valence-electron chi connectivity index (χ1n) is 12.9. The van der Waals surface area contributed by atoms with Gasteiger partial charge in [0, 0.05) is 11.5 Å². The summed E-state index contributed by atoms with van der Waals surface area (Å²) in [6.45, 7) is 4.81. The fraction of sp³-hybridized carbons (Fsp3) is 0.321. The van der Waals surface area contributed by atoms with E-state index in [0.29, 0.717) is 18.7 Å². The van der Waals surface area contributed by atoms with Crippen molar-refractivity contribution in [2.24, 2.45) is 11.8 Å². The van der Waals surface area contributed by atoms with Gasteiger partial charge in [0.15, 0.2) is 0 Å². The minimum absolute atomic E-state index is 0.0275. The lowest BCUT2D eigenvalue weighted by Gasteiger charge is -2.46. The van der Waals surface area contributed by atoms with Crippen LogP contribution in [0.1, 0.15) is 29.9 Å². The van der Waals surface area contributed by atoms with Crippen LogP contribution < -0.4 is 14.7 Å². The highest BCUT2D eigenvalue weighted by Gasteiger charge is 2.60. The van der Waals surface area contributed by atoms with Crippen LogP contribution in [-0.2, 0) is 22.7 Å². The summed E-state index contributed by atoms with van der Waals surface area (Å²) >= 11 is 3.14. The number of aromatic amines is 1. The van der Waals surface area contributed by atoms with Crippen LogP contribution >= 0.6 is 23.1 Å². The molecule has 1 amide bonds. The second kappa shape index (κ2) is 10.0. The molecule has 0 radical (unpaired) electrons. The lowest BCUT2D eigenvalue weighted by atomic mass is 9.77. The van der Waals surface area contributed by atoms with Crippen molar-refractivity contribution < 1.29 is 28.9 Å². The quantitative estimate of drug-likeness (QED) is 0.166. The van der Waals surface area contributed by atoms with E-state index in [1.807, 2.05) is 40.7 Å². The maximum Gasteiger partial charge on any atom is 0.352 e. The van der Waals surface area contributed by atoms with Gasteiger partial charge in [-0.2, -0.15) is 4.40 Å². The summed E-state index contributed by atoms with van der Waals surface area (Å²) in [5.41, 5.74) is 2.78. The number of hydrogen-bond acceptors (Lipinski definition) is 6. The van der Waals surface area contributed by atoms with E-state index in [2.05, 4.69) is 27.8 Å². The highest BCUT2D eigenvalue weighted by molar-refractivity contribution is 7.98. The standard InChI is InChI=1S/C28H27N5O5S2/c1-15-21(24(28(37)38)33-23(15)22(16(2)34)25(33)36)19-12-32-14-31(26(39-3)27(32)40-19)11-18-6-4-5-17(9-18)10-30-8-7-20(35)29-13-30/h4-9,12-16,22-23,34H,10-11H2,1-3H3/p+2/t15-,16+,22+,23+/m0/s1. The van der Waals surface area contributed by atoms with E-state index in [-0.39, 0.29) is 29.1 Å². The molecule has 40 heavy (non-hydrogen) atoms. The number of nitrogens with zero attached hydrogens (tertiary/aromatic N) is 4. The Morgan fingerprint density at radius 2 is 1.98 bits per heavy atom. The van der Waals surface area contributed by atoms with Crippen molar-refractivity contribution in [1.29, 1.82) is 0 Å². The molecule has 0 spiro atoms. The summed E-state index contributed by atoms with van der Waals surface area (Å²) in [7, 11) is 0. The number of H-pyrrole nitrogens is 1. The number of rotatable bonds is 8. The number of amides is 1. The van der Waals surface area contributed by atoms with Gasteiger partial charge in [0.1, 0.15) is 25.0 Å². The minimum atomic E-state index is -1.13. The second-order valence-corrected chi connectivity index (χ2v) is 12.2. The van der Waals surface area contributed by atoms with E-state index in [1.165, 1.54) is 22.3 Å². The second-order valence-electron chi connectivity index (χ2n) is 10.3. The van der Waals surface area contributed by atoms with E-state index in [0.717, 1.165) is 25.9 Å². The van der Waals surface area contributed by atoms with Gasteiger partial charge in [-0.3, -0.25) is 4.79 Å². The summed E-state index contributed by atoms with van der Waals surface area (Å²) in [5, 5.41) is 21.3. The van der Waals surface area contributed by atoms with Crippen molar-refractivity contribution in [3.8, 4) is 0 Å². The van der Waals surface area contributed by atoms with Crippen LogP contribution in [0.25, 0.3) is 10.4 Å². The number of nitrogens with one attached hydrogen (secondary N) is 1. The maximum atomic E-state index is 12.7. The number of benzene rings is 1. The number of thiazole rings is 1. The average molecular weight is 580 g/mol. The number of carboxylic acids is 1. The fourth-order valence-electron chi connectivity index (χ4n) is 6.00. The number of aromatic nitrogens is 4. The fourth-order valence-corrected chi connectivity index (χ4v) is 8.18. The van der Waals surface area contributed by atoms with Gasteiger partial charge in [-0.25, -0.2) is 23.7 Å². The largest absolute Gasteiger partial charge is 0.477 e. The Morgan fingerprint density at radius 3 is 2.62 bits per heavy atom. The third-order valence-corrected chi connectivity index (χ3v) is 9.82. The number of thioether (sulfide) groups is 1. The molecule has 0 bridgehead atoms. The molecule has 10 nitrogen and oxygen atoms in total. The number of aliphatic carboxylic acids is 1. The lowest BCUT2D eigenvalue weighted by molar-refractivity contribution is -0.721. The van der Waals surface area contributed by atoms with E-state index in [1.54, 1.807) is 31.2 Å². The Hall–Kier alpha value is -3.74. The molecule has 3 N–H and O–H groups in total. The Morgan fingerprint density at radius 1 is 1.23 bits per heavy atom. The zero-order valence-electron chi connectivity index (χ0n) is 22.1. The first-order valence-corrected chi connectivity index (χ1v) is 14.9. The molecule has 0 aliphatic carbocycles. The summed E-state index contributed by atoms with van der Waals surface area (Å²) < 4.78 is 6.12. The first-order chi connectivity index (χ1) is 19.2. The van der Waals surface area contributed by atoms with Crippen molar-refractivity contribution >= 4 is 45.4 Å². The van der Waals surface area contributed by atoms with Gasteiger partial charge < -0.3 is 15.1 Å². The average Bonchev–Trinajstić information content (AvgIpc) is 3.52. The summed E-state index contributed by atoms with van der Waals surface area (Å²) in [4.78, 5) is 42.3. The van der Waals surface area contributed by atoms with Crippen LogP contribution in [0.2, 0.25) is 0 Å². The molecule has 12 heteroatoms. The predicted molar refractivity (Wildman–Crippen MR) is 149 cm³/mol. The third kappa shape index (κ3) is 4.27. The summed E-state index contributed by atoms with van der Waals surface area (Å²) in [5.74, 6) is -2.25. The number of carbonyl (C=O) groups is 2. The minimum Gasteiger partial charge on any atom is -0.477 e. The zero-order chi connectivity index (χ0) is 28.3. The molecule has 5 heterocycles. The Labute approximate surface area is 237 Å². The van der Waals surface area contributed by atoms with Crippen molar-refractivity contribution in [2.45, 2.75) is 44.1 Å². The Balaban J connectivity index is 1.31. The van der Waals surface area contributed by atoms with Gasteiger partial charge in [-0.05, 0) is 30.4 Å². The van der Waals surface area contributed by atoms with Crippen LogP contribution in [0, 0.1) is 11.8 Å². The van der Waals surface area contributed by atoms with Gasteiger partial charge in [-0.15, -0.1) is 0 Å². The van der Waals surface area contributed by atoms with Crippen LogP contribution in [0.15, 0.2) is 70.9 Å². The molecule has 3 aromatic heterocycles. The Bertz CT molecular complexity index is 1730. The molecule has 206 valence electrons. The molecular weight excluding hydrogens is 550 g/mol. The van der Waals surface area contributed by atoms with Crippen LogP contribution in [-0.4, -0.2) is 54.8 Å². The highest BCUT2D eigenvalue weighted by Crippen LogP contribution is 2.51. The number of imidazole rings is 1. The van der Waals surface area contributed by atoms with Gasteiger partial charge in [0.2, 0.25) is 22.1 Å². The van der Waals surface area contributed by atoms with E-state index < -0.39 is 18.0 Å². The molecular formula is C28H29N5O5S2+2. The lowest BCUT2D eigenvalue weighted by Crippen LogP contribution is -2.63. The number of aliphatic hydroxyl groups is 1. The maximum absolute atomic E-state index is 12.7. The molecule has 2 aliphatic heterocycles. The Kier molecular flexibility index (Phi) is 6.64. The molecule has 4 atom stereocenters. The van der Waals surface area contributed by atoms with Gasteiger partial charge in [0.25, 0.3) is 6.33 Å². The zero-order valence-corrected chi connectivity index (χ0v) is 23.8. The van der Waals surface area contributed by atoms with E-state index >= 15 is 0 Å². The molecule has 0 unspecified atom stereocenters. The summed E-state index contributed by atoms with van der Waals surface area (Å²) in [6.07, 6.45) is 8.57. The van der Waals surface area contributed by atoms with Crippen LogP contribution in [0.4, 0.5) is 0 Å². The summed E-state index contributed by atoms with van der Waals surface area (Å²) in [6, 6.07) is 9.47. The number of carboxylic acid groups (broad SMARTS) is 1. The van der Waals surface area contributed by atoms with Crippen molar-refractivity contribution in [3.05, 3.63) is 87.4 Å². The molecule has 1 saturated heterocycles. The predicted octanol–water partition coefficient (Wildman–Crippen LogP) is 1.74. The monoisotopic (exact) mass is 579 g/mol. The third-order valence-electron chi connectivity index (χ3n) is 7.74. The number of hydrogen-bond donors (Lipinski definition) is 3. The molecule has 6 rings (SSSR count). The highest BCUT2D eigenvalue weighted by atomic mass is 32.2. The molecule has 1 fully saturated rings. The van der Waals surface area contributed by atoms with E-state index in [9.17, 15) is 24.6 Å². The molecule has 2 aliphatic rings. The van der Waals surface area contributed by atoms with E-state index in [4.69, 9.17) is 0 Å². The smallest absolute Gasteiger partial charge is 0.352 e. The van der Waals surface area contributed by atoms with Gasteiger partial charge in [-0.1, -0.05) is 48.2 Å². The van der Waals surface area contributed by atoms with Crippen LogP contribution in [0.5, 0.6) is 0 Å². The van der Waals surface area contributed by atoms with Gasteiger partial charge in [0.05, 0.1) is 35.2 Å². The van der Waals surface area contributed by atoms with Crippen LogP contribution in [0.3, 0.4) is 0 Å². The van der Waals surface area contributed by atoms with Gasteiger partial charge >= 0.3 is 11.5 Å². The SMILES string of the molecule is CSc1c2sc(C3=C(C(=O)O)N4C(=O)[C@H]([C@@H](C)O)[C@H]4[C@H]3C)cn2c[n+]1Cc1cccc(C[n+]2ccc(=O)[nH]c2)c1. The number of β-lactam (4-membered cyclic amide) rings is 1. The molecule has 1 aromatic carbocycles. The van der Waals surface area contributed by atoms with Crippen molar-refractivity contribution in [3.63, 3.8) is 0 Å². The molecule has 0 saturated carbocycles. The molecule has 4 aromatic rings. The van der Waals surface area contributed by atoms with Crippen molar-refractivity contribution in [2.75, 3.05) is 6.26 Å². The topological polar surface area (TPSA) is 123 Å². The first kappa shape index (κ1) is 26.5. The normalized spacial score (nSPS) is 21.1.